The van der Waals surface area contributed by atoms with E-state index in [4.69, 9.17) is 4.74 Å². The van der Waals surface area contributed by atoms with Gasteiger partial charge in [0.05, 0.1) is 6.61 Å². The molecular formula is C12H12O2. The fourth-order valence-corrected chi connectivity index (χ4v) is 1.07. The summed E-state index contributed by atoms with van der Waals surface area (Å²) < 4.78 is 5.51. The third-order valence-electron chi connectivity index (χ3n) is 1.90. The molecule has 0 saturated heterocycles. The molecule has 14 heavy (non-hydrogen) atoms. The maximum atomic E-state index is 10.9. The van der Waals surface area contributed by atoms with Gasteiger partial charge < -0.3 is 4.74 Å². The minimum Gasteiger partial charge on any atom is -0.358 e. The number of carbonyl (C=O) groups excluding carboxylic acids is 1. The number of hydrogen-bond donors (Lipinski definition) is 0. The molecule has 0 atom stereocenters. The SMILES string of the molecule is C=C=CCOC1(C=C)C=CC(=O)C=C1. The lowest BCUT2D eigenvalue weighted by Crippen LogP contribution is -2.27. The average molecular weight is 188 g/mol. The third-order valence-corrected chi connectivity index (χ3v) is 1.90. The van der Waals surface area contributed by atoms with E-state index in [1.165, 1.54) is 12.2 Å². The molecule has 72 valence electrons. The number of allylic oxidation sites excluding steroid dienone is 2. The lowest BCUT2D eigenvalue weighted by Gasteiger charge is -2.24. The van der Waals surface area contributed by atoms with E-state index in [9.17, 15) is 4.79 Å². The Balaban J connectivity index is 2.73. The van der Waals surface area contributed by atoms with Crippen LogP contribution >= 0.6 is 0 Å². The molecule has 0 unspecified atom stereocenters. The summed E-state index contributed by atoms with van der Waals surface area (Å²) in [6.07, 6.45) is 9.61. The minimum atomic E-state index is -0.665. The van der Waals surface area contributed by atoms with Crippen molar-refractivity contribution in [3.63, 3.8) is 0 Å². The molecule has 1 aliphatic carbocycles. The highest BCUT2D eigenvalue weighted by Gasteiger charge is 2.22. The summed E-state index contributed by atoms with van der Waals surface area (Å²) in [7, 11) is 0. The first-order valence-electron chi connectivity index (χ1n) is 4.27. The molecule has 0 radical (unpaired) electrons. The summed E-state index contributed by atoms with van der Waals surface area (Å²) in [6, 6.07) is 0. The van der Waals surface area contributed by atoms with Crippen LogP contribution < -0.4 is 0 Å². The van der Waals surface area contributed by atoms with Gasteiger partial charge in [-0.15, -0.1) is 5.73 Å². The van der Waals surface area contributed by atoms with Crippen LogP contribution in [0.1, 0.15) is 0 Å². The Bertz CT molecular complexity index is 325. The molecule has 0 spiro atoms. The van der Waals surface area contributed by atoms with Gasteiger partial charge in [0, 0.05) is 0 Å². The van der Waals surface area contributed by atoms with Gasteiger partial charge in [-0.05, 0) is 30.4 Å². The van der Waals surface area contributed by atoms with E-state index in [2.05, 4.69) is 18.9 Å². The van der Waals surface area contributed by atoms with Gasteiger partial charge in [0.1, 0.15) is 5.60 Å². The molecule has 0 N–H and O–H groups in total. The quantitative estimate of drug-likeness (QED) is 0.498. The first kappa shape index (κ1) is 10.5. The Morgan fingerprint density at radius 1 is 1.50 bits per heavy atom. The normalized spacial score (nSPS) is 17.6. The maximum absolute atomic E-state index is 10.9. The molecule has 0 heterocycles. The van der Waals surface area contributed by atoms with Gasteiger partial charge in [-0.2, -0.15) is 0 Å². The lowest BCUT2D eigenvalue weighted by atomic mass is 9.97. The summed E-state index contributed by atoms with van der Waals surface area (Å²) in [4.78, 5) is 10.9. The summed E-state index contributed by atoms with van der Waals surface area (Å²) in [5.74, 6) is -0.0367. The molecule has 2 nitrogen and oxygen atoms in total. The van der Waals surface area contributed by atoms with Crippen molar-refractivity contribution in [3.8, 4) is 0 Å². The zero-order valence-corrected chi connectivity index (χ0v) is 7.90. The van der Waals surface area contributed by atoms with Crippen LogP contribution in [0.15, 0.2) is 55.3 Å². The summed E-state index contributed by atoms with van der Waals surface area (Å²) >= 11 is 0. The van der Waals surface area contributed by atoms with Gasteiger partial charge in [0.2, 0.25) is 0 Å². The van der Waals surface area contributed by atoms with Crippen molar-refractivity contribution in [2.45, 2.75) is 5.60 Å². The van der Waals surface area contributed by atoms with Gasteiger partial charge in [-0.1, -0.05) is 19.2 Å². The Labute approximate surface area is 83.6 Å². The van der Waals surface area contributed by atoms with Gasteiger partial charge in [-0.25, -0.2) is 0 Å². The van der Waals surface area contributed by atoms with Crippen molar-refractivity contribution in [2.75, 3.05) is 6.61 Å². The largest absolute Gasteiger partial charge is 0.358 e. The molecule has 0 amide bonds. The molecule has 1 aliphatic rings. The summed E-state index contributed by atoms with van der Waals surface area (Å²) in [6.45, 7) is 7.49. The molecule has 0 aromatic carbocycles. The van der Waals surface area contributed by atoms with Crippen molar-refractivity contribution < 1.29 is 9.53 Å². The van der Waals surface area contributed by atoms with E-state index >= 15 is 0 Å². The van der Waals surface area contributed by atoms with Crippen molar-refractivity contribution in [1.29, 1.82) is 0 Å². The maximum Gasteiger partial charge on any atom is 0.178 e. The van der Waals surface area contributed by atoms with Crippen LogP contribution in [0.4, 0.5) is 0 Å². The van der Waals surface area contributed by atoms with Gasteiger partial charge in [-0.3, -0.25) is 4.79 Å². The summed E-state index contributed by atoms with van der Waals surface area (Å²) in [5, 5.41) is 0. The first-order valence-corrected chi connectivity index (χ1v) is 4.27. The predicted octanol–water partition coefficient (Wildman–Crippen LogP) is 1.96. The number of ketones is 1. The lowest BCUT2D eigenvalue weighted by molar-refractivity contribution is -0.110. The fourth-order valence-electron chi connectivity index (χ4n) is 1.07. The molecule has 1 rings (SSSR count). The van der Waals surface area contributed by atoms with Crippen LogP contribution in [-0.2, 0) is 9.53 Å². The van der Waals surface area contributed by atoms with Crippen molar-refractivity contribution >= 4 is 5.78 Å². The van der Waals surface area contributed by atoms with Crippen LogP contribution in [0.25, 0.3) is 0 Å². The number of hydrogen-bond acceptors (Lipinski definition) is 2. The number of carbonyl (C=O) groups is 1. The van der Waals surface area contributed by atoms with Crippen LogP contribution in [0.2, 0.25) is 0 Å². The number of ether oxygens (including phenoxy) is 1. The van der Waals surface area contributed by atoms with Crippen LogP contribution in [0.3, 0.4) is 0 Å². The molecule has 0 fully saturated rings. The standard InChI is InChI=1S/C12H12O2/c1-3-5-10-14-12(4-2)8-6-11(13)7-9-12/h4-9H,1-2,10H2. The zero-order valence-electron chi connectivity index (χ0n) is 7.90. The number of rotatable bonds is 4. The topological polar surface area (TPSA) is 26.3 Å². The Hall–Kier alpha value is -1.63. The second-order valence-corrected chi connectivity index (χ2v) is 2.85. The van der Waals surface area contributed by atoms with Gasteiger partial charge >= 0.3 is 0 Å². The third kappa shape index (κ3) is 2.43. The molecule has 0 aliphatic heterocycles. The van der Waals surface area contributed by atoms with Crippen LogP contribution in [0, 0.1) is 0 Å². The highest BCUT2D eigenvalue weighted by atomic mass is 16.5. The van der Waals surface area contributed by atoms with Gasteiger partial charge in [0.25, 0.3) is 0 Å². The molecule has 0 saturated carbocycles. The molecule has 0 aromatic heterocycles. The van der Waals surface area contributed by atoms with Crippen molar-refractivity contribution in [2.24, 2.45) is 0 Å². The first-order chi connectivity index (χ1) is 6.72. The summed E-state index contributed by atoms with van der Waals surface area (Å²) in [5.41, 5.74) is 1.94. The second kappa shape index (κ2) is 4.56. The fraction of sp³-hybridized carbons (Fsp3) is 0.167. The highest BCUT2D eigenvalue weighted by Crippen LogP contribution is 2.20. The molecule has 0 bridgehead atoms. The second-order valence-electron chi connectivity index (χ2n) is 2.85. The van der Waals surface area contributed by atoms with Crippen LogP contribution in [0.5, 0.6) is 0 Å². The monoisotopic (exact) mass is 188 g/mol. The van der Waals surface area contributed by atoms with E-state index in [1.54, 1.807) is 24.3 Å². The molecule has 2 heteroatoms. The Morgan fingerprint density at radius 2 is 2.14 bits per heavy atom. The average Bonchev–Trinajstić information content (AvgIpc) is 2.22. The highest BCUT2D eigenvalue weighted by molar-refractivity contribution is 6.00. The van der Waals surface area contributed by atoms with E-state index in [1.807, 2.05) is 0 Å². The van der Waals surface area contributed by atoms with E-state index in [0.29, 0.717) is 6.61 Å². The predicted molar refractivity (Wildman–Crippen MR) is 55.9 cm³/mol. The van der Waals surface area contributed by atoms with E-state index in [-0.39, 0.29) is 5.78 Å². The zero-order chi connectivity index (χ0) is 10.4. The van der Waals surface area contributed by atoms with E-state index in [0.717, 1.165) is 0 Å². The Kier molecular flexibility index (Phi) is 3.41. The van der Waals surface area contributed by atoms with Crippen LogP contribution in [-0.4, -0.2) is 18.0 Å². The van der Waals surface area contributed by atoms with Crippen molar-refractivity contribution in [3.05, 3.63) is 55.3 Å². The molecular weight excluding hydrogens is 176 g/mol. The smallest absolute Gasteiger partial charge is 0.178 e. The Morgan fingerprint density at radius 3 is 2.64 bits per heavy atom. The minimum absolute atomic E-state index is 0.0367. The van der Waals surface area contributed by atoms with Crippen molar-refractivity contribution in [1.82, 2.24) is 0 Å². The molecule has 0 aromatic rings. The van der Waals surface area contributed by atoms with Gasteiger partial charge in [0.15, 0.2) is 5.78 Å². The van der Waals surface area contributed by atoms with E-state index < -0.39 is 5.60 Å².